The lowest BCUT2D eigenvalue weighted by Crippen LogP contribution is -2.51. The summed E-state index contributed by atoms with van der Waals surface area (Å²) in [4.78, 5) is 37.3. The number of nitrogens with one attached hydrogen (secondary N) is 2. The molecule has 2 rings (SSSR count). The number of aryl methyl sites for hydroxylation is 1. The summed E-state index contributed by atoms with van der Waals surface area (Å²) in [5.41, 5.74) is -0.276. The molecule has 3 N–H and O–H groups in total. The fourth-order valence-corrected chi connectivity index (χ4v) is 4.05. The van der Waals surface area contributed by atoms with E-state index in [0.29, 0.717) is 12.8 Å². The van der Waals surface area contributed by atoms with Gasteiger partial charge < -0.3 is 15.0 Å². The molecule has 9 nitrogen and oxygen atoms in total. The maximum Gasteiger partial charge on any atom is 0.328 e. The van der Waals surface area contributed by atoms with Crippen LogP contribution in [0, 0.1) is 0 Å². The Morgan fingerprint density at radius 3 is 2.40 bits per heavy atom. The third-order valence-corrected chi connectivity index (χ3v) is 5.96. The highest BCUT2D eigenvalue weighted by Gasteiger charge is 2.31. The van der Waals surface area contributed by atoms with E-state index in [0.717, 1.165) is 49.6 Å². The van der Waals surface area contributed by atoms with Gasteiger partial charge in [0, 0.05) is 18.8 Å². The number of carbonyl (C=O) groups excluding carboxylic acids is 1. The molecule has 0 spiro atoms. The SMILES string of the molecule is CC(C)(NC(=O)c1cc2c(n(CCCNS(C)(=O)=O)c1=O)CCCCCC2)C(=O)O. The Morgan fingerprint density at radius 2 is 1.80 bits per heavy atom. The van der Waals surface area contributed by atoms with Crippen LogP contribution in [0.15, 0.2) is 10.9 Å². The lowest BCUT2D eigenvalue weighted by Gasteiger charge is -2.23. The van der Waals surface area contributed by atoms with Crippen molar-refractivity contribution in [3.8, 4) is 0 Å². The van der Waals surface area contributed by atoms with Crippen LogP contribution < -0.4 is 15.6 Å². The highest BCUT2D eigenvalue weighted by molar-refractivity contribution is 7.88. The van der Waals surface area contributed by atoms with Gasteiger partial charge in [0.2, 0.25) is 10.0 Å². The number of amides is 1. The zero-order valence-corrected chi connectivity index (χ0v) is 18.6. The van der Waals surface area contributed by atoms with Gasteiger partial charge in [-0.05, 0) is 57.6 Å². The molecule has 1 amide bonds. The van der Waals surface area contributed by atoms with Crippen molar-refractivity contribution in [2.45, 2.75) is 70.9 Å². The molecule has 0 fully saturated rings. The quantitative estimate of drug-likeness (QED) is 0.516. The zero-order chi connectivity index (χ0) is 22.5. The van der Waals surface area contributed by atoms with E-state index in [9.17, 15) is 27.9 Å². The predicted molar refractivity (Wildman–Crippen MR) is 113 cm³/mol. The first kappa shape index (κ1) is 24.1. The Morgan fingerprint density at radius 1 is 1.17 bits per heavy atom. The fraction of sp³-hybridized carbons (Fsp3) is 0.650. The van der Waals surface area contributed by atoms with Crippen molar-refractivity contribution in [1.29, 1.82) is 0 Å². The Bertz CT molecular complexity index is 965. The number of pyridine rings is 1. The van der Waals surface area contributed by atoms with Crippen molar-refractivity contribution in [3.05, 3.63) is 33.2 Å². The summed E-state index contributed by atoms with van der Waals surface area (Å²) < 4.78 is 26.5. The summed E-state index contributed by atoms with van der Waals surface area (Å²) in [6, 6.07) is 1.60. The van der Waals surface area contributed by atoms with E-state index >= 15 is 0 Å². The van der Waals surface area contributed by atoms with Gasteiger partial charge in [0.05, 0.1) is 6.26 Å². The summed E-state index contributed by atoms with van der Waals surface area (Å²) in [6.45, 7) is 3.17. The van der Waals surface area contributed by atoms with E-state index in [4.69, 9.17) is 0 Å². The molecule has 0 radical (unpaired) electrons. The van der Waals surface area contributed by atoms with Crippen LogP contribution in [0.2, 0.25) is 0 Å². The van der Waals surface area contributed by atoms with Gasteiger partial charge in [-0.1, -0.05) is 12.8 Å². The first-order chi connectivity index (χ1) is 13.9. The van der Waals surface area contributed by atoms with Crippen LogP contribution in [0.5, 0.6) is 0 Å². The number of aliphatic carboxylic acids is 1. The van der Waals surface area contributed by atoms with E-state index in [2.05, 4.69) is 10.0 Å². The van der Waals surface area contributed by atoms with E-state index in [-0.39, 0.29) is 18.7 Å². The van der Waals surface area contributed by atoms with E-state index in [1.54, 1.807) is 10.6 Å². The average Bonchev–Trinajstić information content (AvgIpc) is 2.59. The van der Waals surface area contributed by atoms with Gasteiger partial charge >= 0.3 is 5.97 Å². The standard InChI is InChI=1S/C20H31N3O6S/c1-20(2,19(26)27)22-17(24)15-13-14-9-6-4-5-7-10-16(14)23(18(15)25)12-8-11-21-30(3,28)29/h13,21H,4-12H2,1-3H3,(H,22,24)(H,26,27). The predicted octanol–water partition coefficient (Wildman–Crippen LogP) is 1.04. The molecule has 0 saturated carbocycles. The van der Waals surface area contributed by atoms with Gasteiger partial charge in [-0.15, -0.1) is 0 Å². The second-order valence-corrected chi connectivity index (χ2v) is 10.1. The number of rotatable bonds is 8. The minimum Gasteiger partial charge on any atom is -0.480 e. The average molecular weight is 442 g/mol. The van der Waals surface area contributed by atoms with Crippen molar-refractivity contribution in [2.24, 2.45) is 0 Å². The molecule has 1 aromatic heterocycles. The topological polar surface area (TPSA) is 135 Å². The number of hydrogen-bond donors (Lipinski definition) is 3. The van der Waals surface area contributed by atoms with E-state index in [1.165, 1.54) is 13.8 Å². The van der Waals surface area contributed by atoms with Gasteiger partial charge in [-0.3, -0.25) is 9.59 Å². The van der Waals surface area contributed by atoms with Crippen molar-refractivity contribution >= 4 is 21.9 Å². The molecule has 0 saturated heterocycles. The number of hydrogen-bond acceptors (Lipinski definition) is 5. The van der Waals surface area contributed by atoms with Crippen LogP contribution in [-0.2, 0) is 34.2 Å². The fourth-order valence-electron chi connectivity index (χ4n) is 3.53. The molecule has 0 unspecified atom stereocenters. The summed E-state index contributed by atoms with van der Waals surface area (Å²) in [5, 5.41) is 11.7. The number of carboxylic acids is 1. The van der Waals surface area contributed by atoms with Crippen molar-refractivity contribution in [1.82, 2.24) is 14.6 Å². The second kappa shape index (κ2) is 9.74. The van der Waals surface area contributed by atoms with Crippen molar-refractivity contribution in [2.75, 3.05) is 12.8 Å². The van der Waals surface area contributed by atoms with Crippen LogP contribution >= 0.6 is 0 Å². The molecule has 1 aromatic rings. The number of aromatic nitrogens is 1. The van der Waals surface area contributed by atoms with Crippen LogP contribution in [0.4, 0.5) is 0 Å². The van der Waals surface area contributed by atoms with E-state index in [1.807, 2.05) is 0 Å². The highest BCUT2D eigenvalue weighted by Crippen LogP contribution is 2.21. The van der Waals surface area contributed by atoms with Crippen LogP contribution in [-0.4, -0.2) is 48.3 Å². The zero-order valence-electron chi connectivity index (χ0n) is 17.8. The maximum atomic E-state index is 13.1. The molecule has 0 aliphatic heterocycles. The number of fused-ring (bicyclic) bond motifs is 1. The molecule has 1 aliphatic rings. The number of carbonyl (C=O) groups is 2. The van der Waals surface area contributed by atoms with Gasteiger partial charge in [-0.2, -0.15) is 0 Å². The monoisotopic (exact) mass is 441 g/mol. The van der Waals surface area contributed by atoms with Gasteiger partial charge in [0.15, 0.2) is 0 Å². The van der Waals surface area contributed by atoms with Crippen LogP contribution in [0.1, 0.15) is 67.6 Å². The molecule has 30 heavy (non-hydrogen) atoms. The Labute approximate surface area is 176 Å². The Kier molecular flexibility index (Phi) is 7.81. The molecule has 0 atom stereocenters. The Hall–Kier alpha value is -2.20. The molecule has 1 aliphatic carbocycles. The summed E-state index contributed by atoms with van der Waals surface area (Å²) in [6.07, 6.45) is 6.94. The van der Waals surface area contributed by atoms with Crippen LogP contribution in [0.3, 0.4) is 0 Å². The number of nitrogens with zero attached hydrogens (tertiary/aromatic N) is 1. The largest absolute Gasteiger partial charge is 0.480 e. The number of carboxylic acid groups (broad SMARTS) is 1. The third-order valence-electron chi connectivity index (χ3n) is 5.23. The second-order valence-electron chi connectivity index (χ2n) is 8.31. The lowest BCUT2D eigenvalue weighted by molar-refractivity contribution is -0.143. The minimum absolute atomic E-state index is 0.0836. The van der Waals surface area contributed by atoms with Gasteiger partial charge in [0.25, 0.3) is 11.5 Å². The smallest absolute Gasteiger partial charge is 0.328 e. The summed E-state index contributed by atoms with van der Waals surface area (Å²) >= 11 is 0. The first-order valence-electron chi connectivity index (χ1n) is 10.2. The van der Waals surface area contributed by atoms with Crippen molar-refractivity contribution in [3.63, 3.8) is 0 Å². The molecular weight excluding hydrogens is 410 g/mol. The van der Waals surface area contributed by atoms with Crippen molar-refractivity contribution < 1.29 is 23.1 Å². The number of sulfonamides is 1. The Balaban J connectivity index is 2.40. The molecular formula is C20H31N3O6S. The maximum absolute atomic E-state index is 13.1. The molecule has 0 aromatic carbocycles. The normalized spacial score (nSPS) is 15.0. The summed E-state index contributed by atoms with van der Waals surface area (Å²) in [5.74, 6) is -1.92. The van der Waals surface area contributed by atoms with Crippen LogP contribution in [0.25, 0.3) is 0 Å². The molecule has 1 heterocycles. The van der Waals surface area contributed by atoms with Gasteiger partial charge in [-0.25, -0.2) is 17.9 Å². The first-order valence-corrected chi connectivity index (χ1v) is 12.1. The molecule has 168 valence electrons. The molecule has 10 heteroatoms. The molecule has 0 bridgehead atoms. The third kappa shape index (κ3) is 6.40. The highest BCUT2D eigenvalue weighted by atomic mass is 32.2. The van der Waals surface area contributed by atoms with E-state index < -0.39 is 33.0 Å². The van der Waals surface area contributed by atoms with Gasteiger partial charge in [0.1, 0.15) is 11.1 Å². The summed E-state index contributed by atoms with van der Waals surface area (Å²) in [7, 11) is -3.32. The lowest BCUT2D eigenvalue weighted by atomic mass is 9.95. The minimum atomic E-state index is -3.32.